The second kappa shape index (κ2) is 7.20. The van der Waals surface area contributed by atoms with Gasteiger partial charge in [-0.2, -0.15) is 0 Å². The number of non-ortho nitro benzene ring substituents is 1. The maximum absolute atomic E-state index is 12.3. The van der Waals surface area contributed by atoms with Crippen molar-refractivity contribution in [3.63, 3.8) is 0 Å². The molecule has 0 aliphatic carbocycles. The van der Waals surface area contributed by atoms with Crippen molar-refractivity contribution in [2.75, 3.05) is 0 Å². The number of hydrogen-bond donors (Lipinski definition) is 0. The van der Waals surface area contributed by atoms with Crippen molar-refractivity contribution in [1.82, 2.24) is 4.90 Å². The molecule has 1 aliphatic rings. The molecule has 9 heteroatoms. The monoisotopic (exact) mass is 328 g/mol. The second-order valence-corrected chi connectivity index (χ2v) is 5.43. The molecule has 0 saturated heterocycles. The van der Waals surface area contributed by atoms with Gasteiger partial charge in [-0.3, -0.25) is 24.6 Å². The predicted molar refractivity (Wildman–Crippen MR) is 71.8 cm³/mol. The van der Waals surface area contributed by atoms with Gasteiger partial charge in [-0.05, 0) is 18.4 Å². The number of nitrogens with zero attached hydrogens (tertiary/aromatic N) is 2. The number of imide groups is 1. The van der Waals surface area contributed by atoms with Crippen molar-refractivity contribution in [1.29, 1.82) is 0 Å². The van der Waals surface area contributed by atoms with Gasteiger partial charge in [0.2, 0.25) is 0 Å². The molecule has 1 heterocycles. The van der Waals surface area contributed by atoms with Crippen LogP contribution in [0, 0.1) is 16.0 Å². The smallest absolute Gasteiger partial charge is 0.548 e. The number of rotatable bonds is 5. The minimum atomic E-state index is -1.53. The molecule has 1 atom stereocenters. The third-order valence-corrected chi connectivity index (χ3v) is 3.39. The Morgan fingerprint density at radius 2 is 1.78 bits per heavy atom. The number of amides is 2. The second-order valence-electron chi connectivity index (χ2n) is 5.43. The van der Waals surface area contributed by atoms with Crippen LogP contribution in [0.3, 0.4) is 0 Å². The van der Waals surface area contributed by atoms with E-state index < -0.39 is 28.7 Å². The van der Waals surface area contributed by atoms with Gasteiger partial charge in [0, 0.05) is 12.1 Å². The van der Waals surface area contributed by atoms with E-state index in [0.29, 0.717) is 4.90 Å². The Bertz CT molecular complexity index is 688. The number of nitro groups is 1. The van der Waals surface area contributed by atoms with Crippen LogP contribution in [0.4, 0.5) is 5.69 Å². The van der Waals surface area contributed by atoms with Crippen molar-refractivity contribution in [3.05, 3.63) is 39.4 Å². The summed E-state index contributed by atoms with van der Waals surface area (Å²) in [6.45, 7) is 3.50. The van der Waals surface area contributed by atoms with Gasteiger partial charge in [-0.15, -0.1) is 0 Å². The Morgan fingerprint density at radius 1 is 1.22 bits per heavy atom. The number of fused-ring (bicyclic) bond motifs is 1. The van der Waals surface area contributed by atoms with Crippen LogP contribution in [0.5, 0.6) is 0 Å². The first-order valence-electron chi connectivity index (χ1n) is 6.61. The fraction of sp³-hybridized carbons (Fsp3) is 0.357. The number of nitro benzene ring substituents is 1. The summed E-state index contributed by atoms with van der Waals surface area (Å²) >= 11 is 0. The van der Waals surface area contributed by atoms with Crippen molar-refractivity contribution in [3.8, 4) is 0 Å². The zero-order valence-corrected chi connectivity index (χ0v) is 14.9. The molecule has 0 aromatic heterocycles. The minimum absolute atomic E-state index is 0. The zero-order chi connectivity index (χ0) is 16.6. The zero-order valence-electron chi connectivity index (χ0n) is 12.9. The molecule has 0 fully saturated rings. The summed E-state index contributed by atoms with van der Waals surface area (Å²) in [7, 11) is 0. The number of carbonyl (C=O) groups is 3. The van der Waals surface area contributed by atoms with Crippen molar-refractivity contribution >= 4 is 23.5 Å². The molecular formula is C14H13N2NaO6. The molecule has 0 saturated carbocycles. The summed E-state index contributed by atoms with van der Waals surface area (Å²) in [6.07, 6.45) is 0.0515. The number of benzene rings is 1. The average Bonchev–Trinajstić information content (AvgIpc) is 2.67. The number of carboxylic acids is 1. The van der Waals surface area contributed by atoms with Crippen LogP contribution in [0.1, 0.15) is 41.0 Å². The molecule has 1 aromatic carbocycles. The van der Waals surface area contributed by atoms with E-state index in [4.69, 9.17) is 0 Å². The van der Waals surface area contributed by atoms with Crippen LogP contribution < -0.4 is 34.7 Å². The molecule has 1 unspecified atom stereocenters. The standard InChI is InChI=1S/C14H14N2O6.Na/c1-7(2)5-11(14(19)20)15-12(17)9-4-3-8(16(21)22)6-10(9)13(15)18;/h3-4,6-7,11H,5H2,1-2H3,(H,19,20);/q;+1/p-1. The van der Waals surface area contributed by atoms with E-state index >= 15 is 0 Å². The van der Waals surface area contributed by atoms with Crippen molar-refractivity contribution in [2.24, 2.45) is 5.92 Å². The van der Waals surface area contributed by atoms with Crippen LogP contribution in [-0.4, -0.2) is 33.6 Å². The summed E-state index contributed by atoms with van der Waals surface area (Å²) in [5, 5.41) is 22.0. The molecular weight excluding hydrogens is 315 g/mol. The summed E-state index contributed by atoms with van der Waals surface area (Å²) in [6, 6.07) is 1.85. The Morgan fingerprint density at radius 3 is 2.26 bits per heavy atom. The van der Waals surface area contributed by atoms with Crippen LogP contribution in [0.2, 0.25) is 0 Å². The molecule has 0 radical (unpaired) electrons. The predicted octanol–water partition coefficient (Wildman–Crippen LogP) is -2.64. The van der Waals surface area contributed by atoms with E-state index in [2.05, 4.69) is 0 Å². The van der Waals surface area contributed by atoms with E-state index in [-0.39, 0.29) is 58.7 Å². The van der Waals surface area contributed by atoms with Gasteiger partial charge >= 0.3 is 29.6 Å². The van der Waals surface area contributed by atoms with E-state index in [1.807, 2.05) is 0 Å². The average molecular weight is 328 g/mol. The van der Waals surface area contributed by atoms with Gasteiger partial charge in [0.15, 0.2) is 0 Å². The van der Waals surface area contributed by atoms with Crippen LogP contribution >= 0.6 is 0 Å². The summed E-state index contributed by atoms with van der Waals surface area (Å²) in [4.78, 5) is 46.5. The van der Waals surface area contributed by atoms with Gasteiger partial charge in [0.25, 0.3) is 17.5 Å². The third-order valence-electron chi connectivity index (χ3n) is 3.39. The fourth-order valence-corrected chi connectivity index (χ4v) is 2.40. The van der Waals surface area contributed by atoms with E-state index in [1.54, 1.807) is 13.8 Å². The van der Waals surface area contributed by atoms with Gasteiger partial charge < -0.3 is 9.90 Å². The van der Waals surface area contributed by atoms with Crippen LogP contribution in [0.25, 0.3) is 0 Å². The number of carbonyl (C=O) groups excluding carboxylic acids is 3. The number of carboxylic acid groups (broad SMARTS) is 1. The SMILES string of the molecule is CC(C)CC(C(=O)[O-])N1C(=O)c2ccc([N+](=O)[O-])cc2C1=O.[Na+]. The molecule has 8 nitrogen and oxygen atoms in total. The summed E-state index contributed by atoms with van der Waals surface area (Å²) in [5.74, 6) is -3.23. The quantitative estimate of drug-likeness (QED) is 0.252. The first-order valence-corrected chi connectivity index (χ1v) is 6.61. The summed E-state index contributed by atoms with van der Waals surface area (Å²) in [5.41, 5.74) is -0.532. The third kappa shape index (κ3) is 3.60. The van der Waals surface area contributed by atoms with E-state index in [9.17, 15) is 29.6 Å². The van der Waals surface area contributed by atoms with E-state index in [1.165, 1.54) is 0 Å². The topological polar surface area (TPSA) is 121 Å². The molecule has 2 amide bonds. The molecule has 1 aromatic rings. The number of hydrogen-bond acceptors (Lipinski definition) is 6. The first-order chi connectivity index (χ1) is 10.2. The maximum atomic E-state index is 12.3. The van der Waals surface area contributed by atoms with E-state index in [0.717, 1.165) is 18.2 Å². The molecule has 0 bridgehead atoms. The Balaban J connectivity index is 0.00000264. The minimum Gasteiger partial charge on any atom is -0.548 e. The molecule has 0 spiro atoms. The summed E-state index contributed by atoms with van der Waals surface area (Å²) < 4.78 is 0. The molecule has 116 valence electrons. The Hall–Kier alpha value is -1.77. The molecule has 0 N–H and O–H groups in total. The van der Waals surface area contributed by atoms with Gasteiger partial charge in [-0.25, -0.2) is 0 Å². The van der Waals surface area contributed by atoms with Gasteiger partial charge in [0.1, 0.15) is 0 Å². The largest absolute Gasteiger partial charge is 1.00 e. The van der Waals surface area contributed by atoms with Crippen molar-refractivity contribution < 1.29 is 54.0 Å². The Kier molecular flexibility index (Phi) is 6.04. The van der Waals surface area contributed by atoms with Crippen molar-refractivity contribution in [2.45, 2.75) is 26.3 Å². The van der Waals surface area contributed by atoms with Gasteiger partial charge in [0.05, 0.1) is 28.1 Å². The Labute approximate surface area is 153 Å². The maximum Gasteiger partial charge on any atom is 1.00 e. The number of aliphatic carboxylic acids is 1. The first kappa shape index (κ1) is 19.3. The van der Waals surface area contributed by atoms with Crippen LogP contribution in [0.15, 0.2) is 18.2 Å². The molecule has 23 heavy (non-hydrogen) atoms. The van der Waals surface area contributed by atoms with Gasteiger partial charge in [-0.1, -0.05) is 13.8 Å². The molecule has 2 rings (SSSR count). The normalized spacial score (nSPS) is 14.5. The fourth-order valence-electron chi connectivity index (χ4n) is 2.40. The molecule has 1 aliphatic heterocycles. The van der Waals surface area contributed by atoms with Crippen LogP contribution in [-0.2, 0) is 4.79 Å².